The smallest absolute Gasteiger partial charge is 0.313 e. The van der Waals surface area contributed by atoms with Crippen LogP contribution < -0.4 is 0 Å². The lowest BCUT2D eigenvalue weighted by Gasteiger charge is -2.17. The first-order chi connectivity index (χ1) is 10.5. The number of thioether (sulfide) groups is 1. The van der Waals surface area contributed by atoms with Crippen LogP contribution >= 0.6 is 11.8 Å². The van der Waals surface area contributed by atoms with E-state index in [1.807, 2.05) is 26.8 Å². The van der Waals surface area contributed by atoms with Crippen molar-refractivity contribution in [3.05, 3.63) is 30.4 Å². The van der Waals surface area contributed by atoms with Crippen molar-refractivity contribution in [1.82, 2.24) is 19.7 Å². The number of aromatic nitrogens is 4. The molecule has 0 unspecified atom stereocenters. The van der Waals surface area contributed by atoms with Gasteiger partial charge >= 0.3 is 5.97 Å². The lowest BCUT2D eigenvalue weighted by atomic mass is 10.3. The monoisotopic (exact) mass is 322 g/mol. The number of rotatable bonds is 7. The summed E-state index contributed by atoms with van der Waals surface area (Å²) in [5.74, 6) is -0.369. The van der Waals surface area contributed by atoms with Crippen molar-refractivity contribution in [3.8, 4) is 5.69 Å². The van der Waals surface area contributed by atoms with Gasteiger partial charge in [-0.15, -0.1) is 10.2 Å². The molecule has 1 atom stereocenters. The zero-order valence-corrected chi connectivity index (χ0v) is 13.4. The third kappa shape index (κ3) is 4.05. The summed E-state index contributed by atoms with van der Waals surface area (Å²) in [6.45, 7) is 5.78. The molecule has 2 aromatic rings. The van der Waals surface area contributed by atoms with E-state index in [9.17, 15) is 4.79 Å². The third-order valence-electron chi connectivity index (χ3n) is 2.73. The van der Waals surface area contributed by atoms with Gasteiger partial charge in [-0.1, -0.05) is 11.8 Å². The molecule has 2 aromatic heterocycles. The second-order valence-electron chi connectivity index (χ2n) is 4.90. The summed E-state index contributed by atoms with van der Waals surface area (Å²) < 4.78 is 7.55. The van der Waals surface area contributed by atoms with Gasteiger partial charge in [-0.05, 0) is 32.9 Å². The van der Waals surface area contributed by atoms with E-state index in [1.54, 1.807) is 23.0 Å². The molecule has 7 nitrogen and oxygen atoms in total. The van der Waals surface area contributed by atoms with Gasteiger partial charge < -0.3 is 9.84 Å². The molecule has 8 heteroatoms. The van der Waals surface area contributed by atoms with Crippen molar-refractivity contribution in [2.24, 2.45) is 0 Å². The number of carboxylic acids is 1. The molecule has 0 radical (unpaired) electrons. The number of carbonyl (C=O) groups is 1. The summed E-state index contributed by atoms with van der Waals surface area (Å²) in [5.41, 5.74) is 0.773. The SMILES string of the molecule is CC(C)O[C@H](C)c1nnc(SCC(=O)O)n1-c1cccnc1. The van der Waals surface area contributed by atoms with E-state index >= 15 is 0 Å². The zero-order chi connectivity index (χ0) is 16.1. The molecule has 0 saturated heterocycles. The molecule has 2 rings (SSSR count). The van der Waals surface area contributed by atoms with Gasteiger partial charge in [0, 0.05) is 6.20 Å². The second kappa shape index (κ2) is 7.37. The van der Waals surface area contributed by atoms with Gasteiger partial charge in [-0.3, -0.25) is 14.3 Å². The molecule has 0 aliphatic heterocycles. The van der Waals surface area contributed by atoms with Crippen LogP contribution in [0.4, 0.5) is 0 Å². The zero-order valence-electron chi connectivity index (χ0n) is 12.6. The molecule has 0 aromatic carbocycles. The van der Waals surface area contributed by atoms with Crippen LogP contribution in [0.15, 0.2) is 29.7 Å². The molecule has 1 N–H and O–H groups in total. The molecule has 118 valence electrons. The molecule has 22 heavy (non-hydrogen) atoms. The predicted molar refractivity (Wildman–Crippen MR) is 82.1 cm³/mol. The highest BCUT2D eigenvalue weighted by Gasteiger charge is 2.21. The lowest BCUT2D eigenvalue weighted by molar-refractivity contribution is -0.133. The maximum Gasteiger partial charge on any atom is 0.313 e. The number of aliphatic carboxylic acids is 1. The molecule has 0 fully saturated rings. The normalized spacial score (nSPS) is 12.5. The Kier molecular flexibility index (Phi) is 5.51. The number of hydrogen-bond donors (Lipinski definition) is 1. The first-order valence-electron chi connectivity index (χ1n) is 6.84. The summed E-state index contributed by atoms with van der Waals surface area (Å²) >= 11 is 1.11. The number of pyridine rings is 1. The van der Waals surface area contributed by atoms with Gasteiger partial charge in [0.05, 0.1) is 23.7 Å². The number of carboxylic acid groups (broad SMARTS) is 1. The van der Waals surface area contributed by atoms with Crippen molar-refractivity contribution in [2.45, 2.75) is 38.1 Å². The lowest BCUT2D eigenvalue weighted by Crippen LogP contribution is -2.13. The topological polar surface area (TPSA) is 90.1 Å². The van der Waals surface area contributed by atoms with Crippen molar-refractivity contribution in [1.29, 1.82) is 0 Å². The molecule has 0 aliphatic carbocycles. The maximum absolute atomic E-state index is 10.8. The first-order valence-corrected chi connectivity index (χ1v) is 7.83. The van der Waals surface area contributed by atoms with E-state index in [2.05, 4.69) is 15.2 Å². The number of ether oxygens (including phenoxy) is 1. The average Bonchev–Trinajstić information content (AvgIpc) is 2.89. The Morgan fingerprint density at radius 1 is 1.41 bits per heavy atom. The average molecular weight is 322 g/mol. The highest BCUT2D eigenvalue weighted by atomic mass is 32.2. The van der Waals surface area contributed by atoms with Crippen molar-refractivity contribution >= 4 is 17.7 Å². The summed E-state index contributed by atoms with van der Waals surface area (Å²) in [7, 11) is 0. The van der Waals surface area contributed by atoms with Gasteiger partial charge in [-0.2, -0.15) is 0 Å². The Morgan fingerprint density at radius 2 is 2.18 bits per heavy atom. The minimum atomic E-state index is -0.904. The molecule has 0 bridgehead atoms. The molecule has 0 spiro atoms. The van der Waals surface area contributed by atoms with E-state index < -0.39 is 5.97 Å². The highest BCUT2D eigenvalue weighted by molar-refractivity contribution is 7.99. The van der Waals surface area contributed by atoms with Gasteiger partial charge in [0.15, 0.2) is 11.0 Å². The Balaban J connectivity index is 2.39. The molecule has 0 saturated carbocycles. The Labute approximate surface area is 132 Å². The first kappa shape index (κ1) is 16.4. The van der Waals surface area contributed by atoms with Crippen LogP contribution in [-0.2, 0) is 9.53 Å². The fourth-order valence-corrected chi connectivity index (χ4v) is 2.64. The summed E-state index contributed by atoms with van der Waals surface area (Å²) in [5, 5.41) is 17.6. The van der Waals surface area contributed by atoms with Crippen LogP contribution in [0.25, 0.3) is 5.69 Å². The number of nitrogens with zero attached hydrogens (tertiary/aromatic N) is 4. The molecular weight excluding hydrogens is 304 g/mol. The van der Waals surface area contributed by atoms with Crippen LogP contribution in [-0.4, -0.2) is 42.7 Å². The van der Waals surface area contributed by atoms with Crippen molar-refractivity contribution in [3.63, 3.8) is 0 Å². The summed E-state index contributed by atoms with van der Waals surface area (Å²) in [4.78, 5) is 14.9. The van der Waals surface area contributed by atoms with Gasteiger partial charge in [0.1, 0.15) is 6.10 Å². The van der Waals surface area contributed by atoms with Crippen molar-refractivity contribution in [2.75, 3.05) is 5.75 Å². The largest absolute Gasteiger partial charge is 0.481 e. The van der Waals surface area contributed by atoms with Crippen LogP contribution in [0.5, 0.6) is 0 Å². The van der Waals surface area contributed by atoms with E-state index in [-0.39, 0.29) is 18.0 Å². The van der Waals surface area contributed by atoms with Crippen molar-refractivity contribution < 1.29 is 14.6 Å². The van der Waals surface area contributed by atoms with E-state index in [4.69, 9.17) is 9.84 Å². The molecule has 0 aliphatic rings. The van der Waals surface area contributed by atoms with E-state index in [0.29, 0.717) is 11.0 Å². The minimum absolute atomic E-state index is 0.0455. The Morgan fingerprint density at radius 3 is 2.77 bits per heavy atom. The fraction of sp³-hybridized carbons (Fsp3) is 0.429. The van der Waals surface area contributed by atoms with Gasteiger partial charge in [-0.25, -0.2) is 0 Å². The van der Waals surface area contributed by atoms with Crippen LogP contribution in [0.1, 0.15) is 32.7 Å². The van der Waals surface area contributed by atoms with Crippen LogP contribution in [0, 0.1) is 0 Å². The van der Waals surface area contributed by atoms with Gasteiger partial charge in [0.25, 0.3) is 0 Å². The Hall–Kier alpha value is -1.93. The summed E-state index contributed by atoms with van der Waals surface area (Å²) in [6.07, 6.45) is 3.13. The standard InChI is InChI=1S/C14H18N4O3S/c1-9(2)21-10(3)13-16-17-14(22-8-12(19)20)18(13)11-5-4-6-15-7-11/h4-7,9-10H,8H2,1-3H3,(H,19,20)/t10-/m1/s1. The predicted octanol–water partition coefficient (Wildman–Crippen LogP) is 2.33. The van der Waals surface area contributed by atoms with E-state index in [0.717, 1.165) is 17.4 Å². The van der Waals surface area contributed by atoms with Crippen LogP contribution in [0.2, 0.25) is 0 Å². The second-order valence-corrected chi connectivity index (χ2v) is 5.84. The highest BCUT2D eigenvalue weighted by Crippen LogP contribution is 2.26. The van der Waals surface area contributed by atoms with Gasteiger partial charge in [0.2, 0.25) is 0 Å². The number of hydrogen-bond acceptors (Lipinski definition) is 6. The molecule has 2 heterocycles. The quantitative estimate of drug-likeness (QED) is 0.782. The molecule has 0 amide bonds. The van der Waals surface area contributed by atoms with Crippen LogP contribution in [0.3, 0.4) is 0 Å². The molecular formula is C14H18N4O3S. The minimum Gasteiger partial charge on any atom is -0.481 e. The summed E-state index contributed by atoms with van der Waals surface area (Å²) in [6, 6.07) is 3.67. The third-order valence-corrected chi connectivity index (χ3v) is 3.64. The van der Waals surface area contributed by atoms with E-state index in [1.165, 1.54) is 0 Å². The Bertz CT molecular complexity index is 630. The fourth-order valence-electron chi connectivity index (χ4n) is 1.96. The maximum atomic E-state index is 10.8.